The molecule has 0 unspecified atom stereocenters. The highest BCUT2D eigenvalue weighted by molar-refractivity contribution is 7.18. The van der Waals surface area contributed by atoms with Crippen molar-refractivity contribution in [3.05, 3.63) is 83.9 Å². The summed E-state index contributed by atoms with van der Waals surface area (Å²) in [4.78, 5) is 4.77. The molecular weight excluding hydrogens is 404 g/mol. The van der Waals surface area contributed by atoms with E-state index >= 15 is 0 Å². The van der Waals surface area contributed by atoms with E-state index in [1.165, 1.54) is 11.3 Å². The minimum absolute atomic E-state index is 0.644. The lowest BCUT2D eigenvalue weighted by atomic mass is 10.2. The van der Waals surface area contributed by atoms with Gasteiger partial charge in [-0.05, 0) is 55.5 Å². The average Bonchev–Trinajstić information content (AvgIpc) is 3.14. The first-order valence-corrected chi connectivity index (χ1v) is 10.4. The van der Waals surface area contributed by atoms with Crippen molar-refractivity contribution in [1.29, 1.82) is 0 Å². The molecule has 0 fully saturated rings. The summed E-state index contributed by atoms with van der Waals surface area (Å²) in [6.07, 6.45) is 0. The van der Waals surface area contributed by atoms with Gasteiger partial charge < -0.3 is 14.8 Å². The van der Waals surface area contributed by atoms with Crippen LogP contribution in [0.4, 0.5) is 10.8 Å². The highest BCUT2D eigenvalue weighted by Gasteiger charge is 2.16. The molecule has 0 amide bonds. The molecule has 146 valence electrons. The van der Waals surface area contributed by atoms with E-state index in [0.29, 0.717) is 22.4 Å². The molecule has 0 aliphatic carbocycles. The highest BCUT2D eigenvalue weighted by atomic mass is 35.5. The van der Waals surface area contributed by atoms with Crippen molar-refractivity contribution >= 4 is 33.8 Å². The Balaban J connectivity index is 1.62. The summed E-state index contributed by atoms with van der Waals surface area (Å²) in [6, 6.07) is 25.1. The fraction of sp³-hybridized carbons (Fsp3) is 0.0870. The van der Waals surface area contributed by atoms with Gasteiger partial charge >= 0.3 is 0 Å². The Bertz CT molecular complexity index is 1060. The number of halogens is 1. The van der Waals surface area contributed by atoms with Crippen LogP contribution in [-0.4, -0.2) is 11.6 Å². The molecule has 0 aliphatic rings. The topological polar surface area (TPSA) is 43.4 Å². The molecule has 0 saturated heterocycles. The van der Waals surface area contributed by atoms with E-state index in [1.807, 2.05) is 73.7 Å². The summed E-state index contributed by atoms with van der Waals surface area (Å²) in [6.45, 7) is 2.61. The van der Waals surface area contributed by atoms with Crippen LogP contribution in [0.5, 0.6) is 16.6 Å². The largest absolute Gasteiger partial charge is 0.494 e. The molecule has 0 atom stereocenters. The number of hydrogen-bond acceptors (Lipinski definition) is 5. The molecular formula is C23H19ClN2O2S. The van der Waals surface area contributed by atoms with Gasteiger partial charge in [-0.3, -0.25) is 0 Å². The van der Waals surface area contributed by atoms with Crippen molar-refractivity contribution in [2.75, 3.05) is 11.9 Å². The van der Waals surface area contributed by atoms with Crippen molar-refractivity contribution in [1.82, 2.24) is 4.98 Å². The maximum Gasteiger partial charge on any atom is 0.210 e. The van der Waals surface area contributed by atoms with Crippen LogP contribution < -0.4 is 14.8 Å². The number of rotatable bonds is 7. The Morgan fingerprint density at radius 2 is 1.59 bits per heavy atom. The van der Waals surface area contributed by atoms with Gasteiger partial charge in [0.05, 0.1) is 6.61 Å². The van der Waals surface area contributed by atoms with Crippen LogP contribution >= 0.6 is 22.9 Å². The number of aromatic nitrogens is 1. The molecule has 6 heteroatoms. The van der Waals surface area contributed by atoms with Gasteiger partial charge in [0.2, 0.25) is 5.06 Å². The second-order valence-electron chi connectivity index (χ2n) is 6.16. The molecule has 4 rings (SSSR count). The van der Waals surface area contributed by atoms with Crippen molar-refractivity contribution in [3.63, 3.8) is 0 Å². The first-order valence-electron chi connectivity index (χ1n) is 9.21. The SMILES string of the molecule is CCOc1ccc(Nc2nc(-c3ccccc3)c(Oc3ccc(Cl)cc3)s2)cc1. The molecule has 29 heavy (non-hydrogen) atoms. The van der Waals surface area contributed by atoms with Gasteiger partial charge in [-0.2, -0.15) is 0 Å². The second-order valence-corrected chi connectivity index (χ2v) is 7.56. The highest BCUT2D eigenvalue weighted by Crippen LogP contribution is 2.41. The van der Waals surface area contributed by atoms with Crippen LogP contribution in [-0.2, 0) is 0 Å². The third-order valence-electron chi connectivity index (χ3n) is 4.08. The normalized spacial score (nSPS) is 10.6. The predicted octanol–water partition coefficient (Wildman–Crippen LogP) is 7.40. The van der Waals surface area contributed by atoms with Gasteiger partial charge in [-0.15, -0.1) is 0 Å². The van der Waals surface area contributed by atoms with Crippen LogP contribution in [0.25, 0.3) is 11.3 Å². The first kappa shape index (κ1) is 19.3. The third kappa shape index (κ3) is 4.88. The Morgan fingerprint density at radius 3 is 2.28 bits per heavy atom. The summed E-state index contributed by atoms with van der Waals surface area (Å²) < 4.78 is 11.6. The number of thiazole rings is 1. The maximum atomic E-state index is 6.13. The molecule has 4 aromatic rings. The first-order chi connectivity index (χ1) is 14.2. The fourth-order valence-electron chi connectivity index (χ4n) is 2.74. The summed E-state index contributed by atoms with van der Waals surface area (Å²) in [5.74, 6) is 1.55. The minimum Gasteiger partial charge on any atom is -0.494 e. The van der Waals surface area contributed by atoms with Gasteiger partial charge in [-0.1, -0.05) is 53.3 Å². The van der Waals surface area contributed by atoms with Gasteiger partial charge in [0.1, 0.15) is 17.2 Å². The Kier molecular flexibility index (Phi) is 5.98. The second kappa shape index (κ2) is 8.99. The molecule has 1 aromatic heterocycles. The number of benzene rings is 3. The van der Waals surface area contributed by atoms with E-state index in [4.69, 9.17) is 26.1 Å². The van der Waals surface area contributed by atoms with E-state index in [9.17, 15) is 0 Å². The minimum atomic E-state index is 0.644. The van der Waals surface area contributed by atoms with Crippen molar-refractivity contribution in [3.8, 4) is 27.8 Å². The smallest absolute Gasteiger partial charge is 0.210 e. The van der Waals surface area contributed by atoms with E-state index in [0.717, 1.165) is 27.8 Å². The molecule has 0 spiro atoms. The molecule has 0 radical (unpaired) electrons. The summed E-state index contributed by atoms with van der Waals surface area (Å²) in [5.41, 5.74) is 2.71. The zero-order valence-electron chi connectivity index (χ0n) is 15.8. The average molecular weight is 423 g/mol. The van der Waals surface area contributed by atoms with Crippen LogP contribution in [0, 0.1) is 0 Å². The maximum absolute atomic E-state index is 6.13. The Hall–Kier alpha value is -3.02. The van der Waals surface area contributed by atoms with Crippen molar-refractivity contribution < 1.29 is 9.47 Å². The number of nitrogens with zero attached hydrogens (tertiary/aromatic N) is 1. The van der Waals surface area contributed by atoms with E-state index < -0.39 is 0 Å². The zero-order chi connectivity index (χ0) is 20.1. The molecule has 4 nitrogen and oxygen atoms in total. The Labute approximate surface area is 178 Å². The molecule has 3 aromatic carbocycles. The van der Waals surface area contributed by atoms with Crippen molar-refractivity contribution in [2.24, 2.45) is 0 Å². The van der Waals surface area contributed by atoms with Crippen LogP contribution in [0.15, 0.2) is 78.9 Å². The molecule has 0 bridgehead atoms. The standard InChI is InChI=1S/C23H19ClN2O2S/c1-2-27-19-14-10-18(11-15-19)25-23-26-21(16-6-4-3-5-7-16)22(29-23)28-20-12-8-17(24)9-13-20/h3-15H,2H2,1H3,(H,25,26). The summed E-state index contributed by atoms with van der Waals surface area (Å²) in [7, 11) is 0. The summed E-state index contributed by atoms with van der Waals surface area (Å²) in [5, 5.41) is 5.48. The predicted molar refractivity (Wildman–Crippen MR) is 120 cm³/mol. The fourth-order valence-corrected chi connectivity index (χ4v) is 3.75. The number of ether oxygens (including phenoxy) is 2. The molecule has 1 heterocycles. The monoisotopic (exact) mass is 422 g/mol. The van der Waals surface area contributed by atoms with Crippen LogP contribution in [0.3, 0.4) is 0 Å². The van der Waals surface area contributed by atoms with Gasteiger partial charge in [0.25, 0.3) is 0 Å². The quantitative estimate of drug-likeness (QED) is 0.337. The van der Waals surface area contributed by atoms with Gasteiger partial charge in [0.15, 0.2) is 5.13 Å². The number of hydrogen-bond donors (Lipinski definition) is 1. The lowest BCUT2D eigenvalue weighted by molar-refractivity contribution is 0.340. The van der Waals surface area contributed by atoms with Gasteiger partial charge in [-0.25, -0.2) is 4.98 Å². The van der Waals surface area contributed by atoms with Crippen LogP contribution in [0.1, 0.15) is 6.92 Å². The van der Waals surface area contributed by atoms with E-state index in [1.54, 1.807) is 12.1 Å². The van der Waals surface area contributed by atoms with Crippen LogP contribution in [0.2, 0.25) is 5.02 Å². The van der Waals surface area contributed by atoms with Gasteiger partial charge in [0, 0.05) is 16.3 Å². The van der Waals surface area contributed by atoms with E-state index in [2.05, 4.69) is 5.32 Å². The number of nitrogens with one attached hydrogen (secondary N) is 1. The van der Waals surface area contributed by atoms with E-state index in [-0.39, 0.29) is 0 Å². The lowest BCUT2D eigenvalue weighted by Gasteiger charge is -2.05. The molecule has 0 aliphatic heterocycles. The Morgan fingerprint density at radius 1 is 0.897 bits per heavy atom. The molecule has 0 saturated carbocycles. The number of anilines is 2. The third-order valence-corrected chi connectivity index (χ3v) is 5.18. The summed E-state index contributed by atoms with van der Waals surface area (Å²) >= 11 is 7.44. The van der Waals surface area contributed by atoms with Crippen molar-refractivity contribution in [2.45, 2.75) is 6.92 Å². The lowest BCUT2D eigenvalue weighted by Crippen LogP contribution is -1.92. The zero-order valence-corrected chi connectivity index (χ0v) is 17.3. The molecule has 1 N–H and O–H groups in total.